The fourth-order valence-corrected chi connectivity index (χ4v) is 1.89. The Hall–Kier alpha value is -2.14. The number of benzene rings is 1. The molecule has 3 N–H and O–H groups in total. The highest BCUT2D eigenvalue weighted by Gasteiger charge is 2.11. The smallest absolute Gasteiger partial charge is 0.259 e. The molecule has 4 nitrogen and oxygen atoms in total. The molecule has 0 radical (unpaired) electrons. The van der Waals surface area contributed by atoms with Crippen LogP contribution < -0.4 is 11.1 Å². The number of carbonyl (C=O) groups is 1. The predicted octanol–water partition coefficient (Wildman–Crippen LogP) is 2.67. The average molecular weight is 274 g/mol. The van der Waals surface area contributed by atoms with E-state index in [0.717, 1.165) is 11.3 Å². The van der Waals surface area contributed by atoms with Crippen LogP contribution in [-0.4, -0.2) is 10.9 Å². The zero-order valence-electron chi connectivity index (χ0n) is 10.5. The highest BCUT2D eigenvalue weighted by Crippen LogP contribution is 2.14. The first-order valence-corrected chi connectivity index (χ1v) is 6.20. The van der Waals surface area contributed by atoms with Crippen LogP contribution in [-0.2, 0) is 6.42 Å². The van der Waals surface area contributed by atoms with Gasteiger partial charge in [-0.3, -0.25) is 4.79 Å². The van der Waals surface area contributed by atoms with Gasteiger partial charge in [-0.05, 0) is 30.7 Å². The van der Waals surface area contributed by atoms with Crippen LogP contribution in [0, 0.1) is 6.92 Å². The first kappa shape index (κ1) is 13.3. The largest absolute Gasteiger partial charge is 0.469 e. The Kier molecular flexibility index (Phi) is 3.97. The van der Waals surface area contributed by atoms with E-state index >= 15 is 0 Å². The summed E-state index contributed by atoms with van der Waals surface area (Å²) < 4.78 is 5.10. The number of furan rings is 1. The molecule has 98 valence electrons. The van der Waals surface area contributed by atoms with Crippen molar-refractivity contribution < 1.29 is 9.21 Å². The van der Waals surface area contributed by atoms with Crippen molar-refractivity contribution in [1.82, 2.24) is 0 Å². The zero-order chi connectivity index (χ0) is 13.8. The van der Waals surface area contributed by atoms with Crippen LogP contribution in [0.1, 0.15) is 21.7 Å². The number of hydrogen-bond donors (Lipinski definition) is 2. The summed E-state index contributed by atoms with van der Waals surface area (Å²) in [5, 5.41) is 2.80. The van der Waals surface area contributed by atoms with Crippen molar-refractivity contribution in [3.63, 3.8) is 0 Å². The molecule has 0 spiro atoms. The number of anilines is 1. The van der Waals surface area contributed by atoms with Gasteiger partial charge in [0.1, 0.15) is 5.76 Å². The molecule has 1 heterocycles. The Morgan fingerprint density at radius 1 is 1.32 bits per heavy atom. The van der Waals surface area contributed by atoms with Crippen LogP contribution >= 0.6 is 12.2 Å². The second kappa shape index (κ2) is 5.67. The maximum Gasteiger partial charge on any atom is 0.259 e. The Bertz CT molecular complexity index is 602. The summed E-state index contributed by atoms with van der Waals surface area (Å²) in [4.78, 5) is 12.4. The van der Waals surface area contributed by atoms with Gasteiger partial charge in [0.25, 0.3) is 5.91 Å². The summed E-state index contributed by atoms with van der Waals surface area (Å²) >= 11 is 4.85. The van der Waals surface area contributed by atoms with Crippen molar-refractivity contribution in [1.29, 1.82) is 0 Å². The average Bonchev–Trinajstić information content (AvgIpc) is 2.77. The van der Waals surface area contributed by atoms with E-state index in [-0.39, 0.29) is 5.91 Å². The lowest BCUT2D eigenvalue weighted by atomic mass is 10.1. The molecule has 0 aliphatic heterocycles. The number of amides is 1. The minimum Gasteiger partial charge on any atom is -0.469 e. The molecule has 0 saturated heterocycles. The fraction of sp³-hybridized carbons (Fsp3) is 0.143. The molecule has 0 saturated carbocycles. The van der Waals surface area contributed by atoms with Gasteiger partial charge < -0.3 is 15.5 Å². The molecule has 0 aliphatic carbocycles. The maximum atomic E-state index is 11.9. The first-order valence-electron chi connectivity index (χ1n) is 5.79. The van der Waals surface area contributed by atoms with E-state index in [1.54, 1.807) is 13.0 Å². The summed E-state index contributed by atoms with van der Waals surface area (Å²) in [7, 11) is 0. The van der Waals surface area contributed by atoms with Crippen molar-refractivity contribution in [3.8, 4) is 0 Å². The first-order chi connectivity index (χ1) is 9.06. The van der Waals surface area contributed by atoms with E-state index < -0.39 is 0 Å². The summed E-state index contributed by atoms with van der Waals surface area (Å²) in [6.45, 7) is 1.75. The lowest BCUT2D eigenvalue weighted by Gasteiger charge is -2.05. The fourth-order valence-electron chi connectivity index (χ4n) is 1.73. The molecule has 0 atom stereocenters. The van der Waals surface area contributed by atoms with Crippen LogP contribution in [0.15, 0.2) is 41.0 Å². The van der Waals surface area contributed by atoms with Gasteiger partial charge in [-0.2, -0.15) is 0 Å². The topological polar surface area (TPSA) is 68.3 Å². The third-order valence-corrected chi connectivity index (χ3v) is 2.84. The Morgan fingerprint density at radius 2 is 2.00 bits per heavy atom. The molecule has 1 aromatic heterocycles. The molecular weight excluding hydrogens is 260 g/mol. The molecule has 1 aromatic carbocycles. The summed E-state index contributed by atoms with van der Waals surface area (Å²) in [5.41, 5.74) is 7.75. The van der Waals surface area contributed by atoms with Gasteiger partial charge in [-0.25, -0.2) is 0 Å². The van der Waals surface area contributed by atoms with Gasteiger partial charge in [0.05, 0.1) is 16.8 Å². The minimum atomic E-state index is -0.187. The van der Waals surface area contributed by atoms with E-state index in [0.29, 0.717) is 22.7 Å². The second-order valence-corrected chi connectivity index (χ2v) is 4.71. The van der Waals surface area contributed by atoms with Crippen molar-refractivity contribution in [2.24, 2.45) is 5.73 Å². The van der Waals surface area contributed by atoms with Crippen LogP contribution in [0.2, 0.25) is 0 Å². The second-order valence-electron chi connectivity index (χ2n) is 4.18. The Labute approximate surface area is 116 Å². The highest BCUT2D eigenvalue weighted by atomic mass is 32.1. The summed E-state index contributed by atoms with van der Waals surface area (Å²) in [6, 6.07) is 9.06. The number of hydrogen-bond acceptors (Lipinski definition) is 3. The summed E-state index contributed by atoms with van der Waals surface area (Å²) in [6.07, 6.45) is 2.06. The van der Waals surface area contributed by atoms with Gasteiger partial charge in [0, 0.05) is 12.1 Å². The molecule has 2 rings (SSSR count). The zero-order valence-corrected chi connectivity index (χ0v) is 11.3. The lowest BCUT2D eigenvalue weighted by molar-refractivity contribution is 0.102. The number of carbonyl (C=O) groups excluding carboxylic acids is 1. The molecule has 0 unspecified atom stereocenters. The van der Waals surface area contributed by atoms with Crippen molar-refractivity contribution in [3.05, 3.63) is 53.5 Å². The molecule has 19 heavy (non-hydrogen) atoms. The van der Waals surface area contributed by atoms with E-state index in [4.69, 9.17) is 22.4 Å². The van der Waals surface area contributed by atoms with E-state index in [9.17, 15) is 4.79 Å². The normalized spacial score (nSPS) is 10.2. The van der Waals surface area contributed by atoms with Crippen molar-refractivity contribution in [2.45, 2.75) is 13.3 Å². The van der Waals surface area contributed by atoms with Crippen LogP contribution in [0.5, 0.6) is 0 Å². The Morgan fingerprint density at radius 3 is 2.53 bits per heavy atom. The summed E-state index contributed by atoms with van der Waals surface area (Å²) in [5.74, 6) is 0.413. The monoisotopic (exact) mass is 274 g/mol. The standard InChI is InChI=1S/C14H14N2O2S/c1-9-12(6-7-18-9)14(17)16-11-4-2-10(3-5-11)8-13(15)19/h2-7H,8H2,1H3,(H2,15,19)(H,16,17). The SMILES string of the molecule is Cc1occc1C(=O)Nc1ccc(CC(N)=S)cc1. The number of nitrogens with two attached hydrogens (primary N) is 1. The van der Waals surface area contributed by atoms with Crippen LogP contribution in [0.25, 0.3) is 0 Å². The van der Waals surface area contributed by atoms with E-state index in [1.807, 2.05) is 24.3 Å². The number of rotatable bonds is 4. The third kappa shape index (κ3) is 3.42. The van der Waals surface area contributed by atoms with Gasteiger partial charge in [0.15, 0.2) is 0 Å². The molecule has 1 amide bonds. The quantitative estimate of drug-likeness (QED) is 0.841. The minimum absolute atomic E-state index is 0.187. The molecule has 0 fully saturated rings. The van der Waals surface area contributed by atoms with Gasteiger partial charge in [-0.1, -0.05) is 24.4 Å². The van der Waals surface area contributed by atoms with Crippen LogP contribution in [0.4, 0.5) is 5.69 Å². The lowest BCUT2D eigenvalue weighted by Crippen LogP contribution is -2.13. The Balaban J connectivity index is 2.06. The van der Waals surface area contributed by atoms with Crippen LogP contribution in [0.3, 0.4) is 0 Å². The molecule has 5 heteroatoms. The van der Waals surface area contributed by atoms with Gasteiger partial charge in [-0.15, -0.1) is 0 Å². The highest BCUT2D eigenvalue weighted by molar-refractivity contribution is 7.80. The third-order valence-electron chi connectivity index (χ3n) is 2.69. The molecular formula is C14H14N2O2S. The van der Waals surface area contributed by atoms with Gasteiger partial charge in [0.2, 0.25) is 0 Å². The molecule has 2 aromatic rings. The predicted molar refractivity (Wildman–Crippen MR) is 78.3 cm³/mol. The number of thiocarbonyl (C=S) groups is 1. The number of aryl methyl sites for hydroxylation is 1. The van der Waals surface area contributed by atoms with E-state index in [1.165, 1.54) is 6.26 Å². The van der Waals surface area contributed by atoms with E-state index in [2.05, 4.69) is 5.32 Å². The molecule has 0 bridgehead atoms. The molecule has 0 aliphatic rings. The number of nitrogens with one attached hydrogen (secondary N) is 1. The maximum absolute atomic E-state index is 11.9. The van der Waals surface area contributed by atoms with Crippen molar-refractivity contribution >= 4 is 28.8 Å². The van der Waals surface area contributed by atoms with Crippen molar-refractivity contribution in [2.75, 3.05) is 5.32 Å². The van der Waals surface area contributed by atoms with Gasteiger partial charge >= 0.3 is 0 Å².